The minimum atomic E-state index is -1.11. The largest absolute Gasteiger partial charge is 0.497 e. The lowest BCUT2D eigenvalue weighted by molar-refractivity contribution is 0.0692. The second-order valence-electron chi connectivity index (χ2n) is 8.45. The summed E-state index contributed by atoms with van der Waals surface area (Å²) in [5.41, 5.74) is 3.05. The highest BCUT2D eigenvalue weighted by atomic mass is 35.5. The third-order valence-electron chi connectivity index (χ3n) is 6.18. The Labute approximate surface area is 209 Å². The number of aromatic nitrogens is 2. The zero-order valence-electron chi connectivity index (χ0n) is 20.2. The van der Waals surface area contributed by atoms with Gasteiger partial charge in [-0.05, 0) is 68.1 Å². The molecule has 1 atom stereocenters. The first-order chi connectivity index (χ1) is 16.8. The van der Waals surface area contributed by atoms with Gasteiger partial charge in [-0.1, -0.05) is 11.6 Å². The van der Waals surface area contributed by atoms with E-state index in [1.54, 1.807) is 14.2 Å². The number of carbonyl (C=O) groups is 1. The van der Waals surface area contributed by atoms with Gasteiger partial charge in [-0.25, -0.2) is 14.8 Å². The molecule has 1 unspecified atom stereocenters. The van der Waals surface area contributed by atoms with E-state index in [1.807, 2.05) is 44.2 Å². The molecule has 1 saturated heterocycles. The Morgan fingerprint density at radius 2 is 1.89 bits per heavy atom. The summed E-state index contributed by atoms with van der Waals surface area (Å²) in [4.78, 5) is 23.0. The van der Waals surface area contributed by atoms with Crippen LogP contribution in [-0.4, -0.2) is 41.8 Å². The molecule has 0 bridgehead atoms. The lowest BCUT2D eigenvalue weighted by Crippen LogP contribution is -2.26. The normalized spacial score (nSPS) is 15.2. The van der Waals surface area contributed by atoms with E-state index in [0.717, 1.165) is 47.6 Å². The third kappa shape index (κ3) is 5.12. The molecular weight excluding hydrogens is 470 g/mol. The molecule has 0 radical (unpaired) electrons. The van der Waals surface area contributed by atoms with Gasteiger partial charge < -0.3 is 24.2 Å². The number of methoxy groups -OCH3 is 2. The number of hydrogen-bond donors (Lipinski definition) is 1. The van der Waals surface area contributed by atoms with Crippen LogP contribution in [-0.2, 0) is 6.61 Å². The van der Waals surface area contributed by atoms with Crippen LogP contribution in [0.1, 0.15) is 51.6 Å². The molecule has 1 aliphatic rings. The molecule has 2 aromatic carbocycles. The number of carboxylic acid groups (broad SMARTS) is 1. The number of rotatable bonds is 8. The van der Waals surface area contributed by atoms with E-state index in [2.05, 4.69) is 14.9 Å². The van der Waals surface area contributed by atoms with Crippen LogP contribution in [0.15, 0.2) is 36.5 Å². The van der Waals surface area contributed by atoms with Gasteiger partial charge >= 0.3 is 5.97 Å². The smallest absolute Gasteiger partial charge is 0.339 e. The van der Waals surface area contributed by atoms with Crippen molar-refractivity contribution >= 4 is 23.5 Å². The van der Waals surface area contributed by atoms with Gasteiger partial charge in [0.2, 0.25) is 5.95 Å². The van der Waals surface area contributed by atoms with Crippen LogP contribution in [0.4, 0.5) is 5.95 Å². The zero-order valence-corrected chi connectivity index (χ0v) is 20.9. The average molecular weight is 498 g/mol. The number of ether oxygens (including phenoxy) is 3. The van der Waals surface area contributed by atoms with E-state index in [9.17, 15) is 9.90 Å². The van der Waals surface area contributed by atoms with Crippen molar-refractivity contribution < 1.29 is 24.1 Å². The van der Waals surface area contributed by atoms with Crippen molar-refractivity contribution in [3.63, 3.8) is 0 Å². The number of carboxylic acids is 1. The number of benzene rings is 2. The lowest BCUT2D eigenvalue weighted by Gasteiger charge is -2.27. The predicted molar refractivity (Wildman–Crippen MR) is 133 cm³/mol. The fourth-order valence-electron chi connectivity index (χ4n) is 4.40. The molecule has 1 aliphatic heterocycles. The van der Waals surface area contributed by atoms with Crippen molar-refractivity contribution in [3.05, 3.63) is 69.5 Å². The van der Waals surface area contributed by atoms with Gasteiger partial charge in [0.05, 0.1) is 26.0 Å². The highest BCUT2D eigenvalue weighted by molar-refractivity contribution is 6.32. The zero-order chi connectivity index (χ0) is 25.1. The second kappa shape index (κ2) is 10.4. The monoisotopic (exact) mass is 497 g/mol. The number of halogens is 1. The highest BCUT2D eigenvalue weighted by Crippen LogP contribution is 2.40. The molecule has 2 heterocycles. The summed E-state index contributed by atoms with van der Waals surface area (Å²) in [5.74, 6) is 1.43. The molecule has 1 aromatic heterocycles. The summed E-state index contributed by atoms with van der Waals surface area (Å²) < 4.78 is 16.9. The SMILES string of the molecule is COc1ccc(OC)c(C2CCCN2c2ncc(C(=O)O)c(COc3cc(C)c(Cl)c(C)c3)n2)c1. The summed E-state index contributed by atoms with van der Waals surface area (Å²) in [5, 5.41) is 10.4. The fraction of sp³-hybridized carbons (Fsp3) is 0.346. The third-order valence-corrected chi connectivity index (χ3v) is 6.77. The van der Waals surface area contributed by atoms with Crippen LogP contribution in [0, 0.1) is 13.8 Å². The van der Waals surface area contributed by atoms with Gasteiger partial charge in [-0.2, -0.15) is 0 Å². The van der Waals surface area contributed by atoms with E-state index in [1.165, 1.54) is 6.20 Å². The topological polar surface area (TPSA) is 94.0 Å². The number of hydrogen-bond acceptors (Lipinski definition) is 7. The molecule has 8 nitrogen and oxygen atoms in total. The van der Waals surface area contributed by atoms with Gasteiger partial charge in [0.1, 0.15) is 29.4 Å². The Kier molecular flexibility index (Phi) is 7.31. The van der Waals surface area contributed by atoms with Crippen LogP contribution < -0.4 is 19.1 Å². The molecule has 184 valence electrons. The van der Waals surface area contributed by atoms with Crippen LogP contribution in [0.3, 0.4) is 0 Å². The van der Waals surface area contributed by atoms with Crippen molar-refractivity contribution in [2.24, 2.45) is 0 Å². The quantitative estimate of drug-likeness (QED) is 0.443. The van der Waals surface area contributed by atoms with Crippen LogP contribution in [0.25, 0.3) is 0 Å². The van der Waals surface area contributed by atoms with Crippen LogP contribution >= 0.6 is 11.6 Å². The first-order valence-corrected chi connectivity index (χ1v) is 11.7. The summed E-state index contributed by atoms with van der Waals surface area (Å²) in [6.07, 6.45) is 3.16. The van der Waals surface area contributed by atoms with Crippen molar-refractivity contribution in [2.75, 3.05) is 25.7 Å². The van der Waals surface area contributed by atoms with Gasteiger partial charge in [-0.15, -0.1) is 0 Å². The maximum absolute atomic E-state index is 11.9. The van der Waals surface area contributed by atoms with Crippen molar-refractivity contribution in [1.29, 1.82) is 0 Å². The molecule has 0 amide bonds. The molecule has 0 aliphatic carbocycles. The Hall–Kier alpha value is -3.52. The van der Waals surface area contributed by atoms with Gasteiger partial charge in [0, 0.05) is 23.3 Å². The van der Waals surface area contributed by atoms with Crippen molar-refractivity contribution in [3.8, 4) is 17.2 Å². The Bertz CT molecular complexity index is 1230. The van der Waals surface area contributed by atoms with Crippen LogP contribution in [0.5, 0.6) is 17.2 Å². The van der Waals surface area contributed by atoms with E-state index in [0.29, 0.717) is 22.4 Å². The Balaban J connectivity index is 1.65. The molecule has 0 saturated carbocycles. The molecule has 1 fully saturated rings. The number of anilines is 1. The first-order valence-electron chi connectivity index (χ1n) is 11.3. The minimum absolute atomic E-state index is 0.00543. The van der Waals surface area contributed by atoms with Gasteiger partial charge in [0.15, 0.2) is 0 Å². The average Bonchev–Trinajstić information content (AvgIpc) is 3.35. The number of nitrogens with zero attached hydrogens (tertiary/aromatic N) is 3. The highest BCUT2D eigenvalue weighted by Gasteiger charge is 2.31. The molecule has 4 rings (SSSR count). The van der Waals surface area contributed by atoms with Crippen molar-refractivity contribution in [2.45, 2.75) is 39.3 Å². The molecule has 9 heteroatoms. The summed E-state index contributed by atoms with van der Waals surface area (Å²) in [6.45, 7) is 4.51. The fourth-order valence-corrected chi connectivity index (χ4v) is 4.51. The predicted octanol–water partition coefficient (Wildman–Crippen LogP) is 5.38. The van der Waals surface area contributed by atoms with Crippen molar-refractivity contribution in [1.82, 2.24) is 9.97 Å². The Morgan fingerprint density at radius 3 is 2.54 bits per heavy atom. The molecular formula is C26H28ClN3O5. The minimum Gasteiger partial charge on any atom is -0.497 e. The van der Waals surface area contributed by atoms with E-state index in [4.69, 9.17) is 25.8 Å². The molecule has 0 spiro atoms. The molecule has 1 N–H and O–H groups in total. The standard InChI is InChI=1S/C26H28ClN3O5/c1-15-10-18(11-16(2)24(15)27)35-14-21-20(25(31)32)13-28-26(29-21)30-9-5-6-22(30)19-12-17(33-3)7-8-23(19)34-4/h7-8,10-13,22H,5-6,9,14H2,1-4H3,(H,31,32). The first kappa shape index (κ1) is 24.6. The summed E-state index contributed by atoms with van der Waals surface area (Å²) >= 11 is 6.26. The summed E-state index contributed by atoms with van der Waals surface area (Å²) in [6, 6.07) is 9.31. The van der Waals surface area contributed by atoms with Gasteiger partial charge in [0.25, 0.3) is 0 Å². The van der Waals surface area contributed by atoms with Gasteiger partial charge in [-0.3, -0.25) is 0 Å². The Morgan fingerprint density at radius 1 is 1.14 bits per heavy atom. The molecule has 35 heavy (non-hydrogen) atoms. The maximum atomic E-state index is 11.9. The lowest BCUT2D eigenvalue weighted by atomic mass is 10.0. The second-order valence-corrected chi connectivity index (χ2v) is 8.83. The van der Waals surface area contributed by atoms with Crippen LogP contribution in [0.2, 0.25) is 5.02 Å². The van der Waals surface area contributed by atoms with E-state index in [-0.39, 0.29) is 18.2 Å². The number of aryl methyl sites for hydroxylation is 2. The summed E-state index contributed by atoms with van der Waals surface area (Å²) in [7, 11) is 3.26. The maximum Gasteiger partial charge on any atom is 0.339 e. The van der Waals surface area contributed by atoms with E-state index < -0.39 is 5.97 Å². The van der Waals surface area contributed by atoms with E-state index >= 15 is 0 Å². The number of aromatic carboxylic acids is 1. The molecule has 3 aromatic rings.